The summed E-state index contributed by atoms with van der Waals surface area (Å²) >= 11 is 0. The first kappa shape index (κ1) is 15.2. The molecular formula is C13H27N3O2S. The maximum Gasteiger partial charge on any atom is 0.282 e. The highest BCUT2D eigenvalue weighted by molar-refractivity contribution is 7.86. The minimum Gasteiger partial charge on any atom is -0.317 e. The predicted molar refractivity (Wildman–Crippen MR) is 77.2 cm³/mol. The lowest BCUT2D eigenvalue weighted by atomic mass is 9.98. The summed E-state index contributed by atoms with van der Waals surface area (Å²) in [6.45, 7) is 9.96. The molecule has 0 atom stereocenters. The molecule has 0 amide bonds. The summed E-state index contributed by atoms with van der Waals surface area (Å²) in [6.07, 6.45) is 3.10. The Bertz CT molecular complexity index is 397. The molecule has 0 spiro atoms. The first-order valence-electron chi connectivity index (χ1n) is 7.30. The van der Waals surface area contributed by atoms with Crippen LogP contribution in [-0.2, 0) is 10.2 Å². The highest BCUT2D eigenvalue weighted by atomic mass is 32.2. The molecule has 0 saturated carbocycles. The van der Waals surface area contributed by atoms with Crippen molar-refractivity contribution in [3.05, 3.63) is 0 Å². The van der Waals surface area contributed by atoms with Gasteiger partial charge in [0.05, 0.1) is 0 Å². The average molecular weight is 289 g/mol. The fourth-order valence-corrected chi connectivity index (χ4v) is 5.07. The van der Waals surface area contributed by atoms with Crippen molar-refractivity contribution in [3.8, 4) is 0 Å². The second-order valence-corrected chi connectivity index (χ2v) is 8.51. The summed E-state index contributed by atoms with van der Waals surface area (Å²) in [4.78, 5) is 0. The smallest absolute Gasteiger partial charge is 0.282 e. The van der Waals surface area contributed by atoms with Gasteiger partial charge in [0.1, 0.15) is 0 Å². The summed E-state index contributed by atoms with van der Waals surface area (Å²) in [5, 5.41) is 3.33. The number of piperidine rings is 1. The van der Waals surface area contributed by atoms with E-state index >= 15 is 0 Å². The van der Waals surface area contributed by atoms with Gasteiger partial charge in [-0.15, -0.1) is 0 Å². The van der Waals surface area contributed by atoms with Crippen LogP contribution in [-0.4, -0.2) is 55.3 Å². The van der Waals surface area contributed by atoms with E-state index in [1.54, 1.807) is 8.61 Å². The van der Waals surface area contributed by atoms with Crippen molar-refractivity contribution in [2.75, 3.05) is 32.7 Å². The van der Waals surface area contributed by atoms with Gasteiger partial charge < -0.3 is 5.32 Å². The van der Waals surface area contributed by atoms with Crippen LogP contribution >= 0.6 is 0 Å². The van der Waals surface area contributed by atoms with Gasteiger partial charge >= 0.3 is 0 Å². The summed E-state index contributed by atoms with van der Waals surface area (Å²) < 4.78 is 28.7. The summed E-state index contributed by atoms with van der Waals surface area (Å²) in [6, 6.07) is 0. The van der Waals surface area contributed by atoms with Crippen molar-refractivity contribution in [3.63, 3.8) is 0 Å². The third-order valence-corrected chi connectivity index (χ3v) is 6.31. The molecule has 0 aromatic rings. The van der Waals surface area contributed by atoms with Gasteiger partial charge in [-0.1, -0.05) is 0 Å². The second kappa shape index (κ2) is 5.68. The zero-order chi connectivity index (χ0) is 14.1. The molecule has 0 bridgehead atoms. The van der Waals surface area contributed by atoms with Crippen molar-refractivity contribution >= 4 is 10.2 Å². The Labute approximate surface area is 117 Å². The lowest BCUT2D eigenvalue weighted by Gasteiger charge is -2.43. The molecule has 2 fully saturated rings. The SMILES string of the molecule is CC(C)(C)N1CCCN(CC2CCNCC2)S1(=O)=O. The zero-order valence-electron chi connectivity index (χ0n) is 12.4. The molecule has 0 aromatic carbocycles. The third-order valence-electron chi connectivity index (χ3n) is 4.04. The number of hydrogen-bond donors (Lipinski definition) is 1. The van der Waals surface area contributed by atoms with Crippen LogP contribution in [0.15, 0.2) is 0 Å². The largest absolute Gasteiger partial charge is 0.317 e. The first-order chi connectivity index (χ1) is 8.82. The van der Waals surface area contributed by atoms with Crippen LogP contribution in [0.3, 0.4) is 0 Å². The van der Waals surface area contributed by atoms with Crippen molar-refractivity contribution in [1.29, 1.82) is 0 Å². The Kier molecular flexibility index (Phi) is 4.55. The van der Waals surface area contributed by atoms with E-state index in [-0.39, 0.29) is 5.54 Å². The van der Waals surface area contributed by atoms with Crippen LogP contribution in [0, 0.1) is 5.92 Å². The van der Waals surface area contributed by atoms with Gasteiger partial charge in [-0.2, -0.15) is 17.0 Å². The van der Waals surface area contributed by atoms with Gasteiger partial charge in [-0.25, -0.2) is 0 Å². The maximum absolute atomic E-state index is 12.7. The number of hydrogen-bond acceptors (Lipinski definition) is 3. The van der Waals surface area contributed by atoms with E-state index in [4.69, 9.17) is 0 Å². The van der Waals surface area contributed by atoms with Crippen molar-refractivity contribution in [2.45, 2.75) is 45.6 Å². The van der Waals surface area contributed by atoms with E-state index in [2.05, 4.69) is 5.32 Å². The molecule has 0 unspecified atom stereocenters. The van der Waals surface area contributed by atoms with Crippen LogP contribution in [0.1, 0.15) is 40.0 Å². The molecule has 2 rings (SSSR count). The van der Waals surface area contributed by atoms with Crippen LogP contribution in [0.25, 0.3) is 0 Å². The minimum absolute atomic E-state index is 0.328. The fourth-order valence-electron chi connectivity index (χ4n) is 2.98. The third kappa shape index (κ3) is 3.48. The molecule has 2 aliphatic heterocycles. The van der Waals surface area contributed by atoms with Gasteiger partial charge in [-0.05, 0) is 59.0 Å². The quantitative estimate of drug-likeness (QED) is 0.826. The van der Waals surface area contributed by atoms with Crippen LogP contribution in [0.2, 0.25) is 0 Å². The molecule has 0 aromatic heterocycles. The van der Waals surface area contributed by atoms with E-state index in [0.29, 0.717) is 25.6 Å². The molecule has 1 N–H and O–H groups in total. The van der Waals surface area contributed by atoms with Gasteiger partial charge in [0.25, 0.3) is 10.2 Å². The Hall–Kier alpha value is -0.170. The second-order valence-electron chi connectivity index (χ2n) is 6.66. The zero-order valence-corrected chi connectivity index (χ0v) is 13.2. The normalized spacial score (nSPS) is 27.5. The standard InChI is InChI=1S/C13H27N3O2S/c1-13(2,3)16-10-4-9-15(19(16,17)18)11-12-5-7-14-8-6-12/h12,14H,4-11H2,1-3H3. The number of rotatable bonds is 2. The summed E-state index contributed by atoms with van der Waals surface area (Å²) in [7, 11) is -3.28. The Morgan fingerprint density at radius 2 is 1.79 bits per heavy atom. The van der Waals surface area contributed by atoms with Gasteiger partial charge in [0, 0.05) is 25.2 Å². The Morgan fingerprint density at radius 1 is 1.16 bits per heavy atom. The number of nitrogens with zero attached hydrogens (tertiary/aromatic N) is 2. The Balaban J connectivity index is 2.07. The van der Waals surface area contributed by atoms with Crippen molar-refractivity contribution in [2.24, 2.45) is 5.92 Å². The van der Waals surface area contributed by atoms with E-state index in [9.17, 15) is 8.42 Å². The van der Waals surface area contributed by atoms with Crippen LogP contribution in [0.5, 0.6) is 0 Å². The predicted octanol–water partition coefficient (Wildman–Crippen LogP) is 1.04. The molecule has 6 heteroatoms. The summed E-state index contributed by atoms with van der Waals surface area (Å²) in [5.74, 6) is 0.510. The average Bonchev–Trinajstić information content (AvgIpc) is 2.31. The molecule has 2 heterocycles. The van der Waals surface area contributed by atoms with E-state index < -0.39 is 10.2 Å². The van der Waals surface area contributed by atoms with Crippen molar-refractivity contribution < 1.29 is 8.42 Å². The molecule has 2 saturated heterocycles. The Morgan fingerprint density at radius 3 is 2.37 bits per heavy atom. The van der Waals surface area contributed by atoms with E-state index in [1.807, 2.05) is 20.8 Å². The molecule has 2 aliphatic rings. The topological polar surface area (TPSA) is 52.6 Å². The van der Waals surface area contributed by atoms with Crippen molar-refractivity contribution in [1.82, 2.24) is 13.9 Å². The first-order valence-corrected chi connectivity index (χ1v) is 8.70. The van der Waals surface area contributed by atoms with Gasteiger partial charge in [0.2, 0.25) is 0 Å². The molecule has 0 radical (unpaired) electrons. The van der Waals surface area contributed by atoms with Gasteiger partial charge in [0.15, 0.2) is 0 Å². The minimum atomic E-state index is -3.28. The lowest BCUT2D eigenvalue weighted by Crippen LogP contribution is -2.57. The summed E-state index contributed by atoms with van der Waals surface area (Å²) in [5.41, 5.74) is -0.328. The maximum atomic E-state index is 12.7. The fraction of sp³-hybridized carbons (Fsp3) is 1.00. The van der Waals surface area contributed by atoms with Crippen LogP contribution < -0.4 is 5.32 Å². The lowest BCUT2D eigenvalue weighted by molar-refractivity contribution is 0.180. The molecule has 5 nitrogen and oxygen atoms in total. The van der Waals surface area contributed by atoms with Gasteiger partial charge in [-0.3, -0.25) is 0 Å². The molecule has 112 valence electrons. The van der Waals surface area contributed by atoms with E-state index in [1.165, 1.54) is 0 Å². The molecule has 0 aliphatic carbocycles. The highest BCUT2D eigenvalue weighted by Crippen LogP contribution is 2.27. The molecular weight excluding hydrogens is 262 g/mol. The number of nitrogens with one attached hydrogen (secondary N) is 1. The van der Waals surface area contributed by atoms with E-state index in [0.717, 1.165) is 32.4 Å². The molecule has 19 heavy (non-hydrogen) atoms. The van der Waals surface area contributed by atoms with Crippen LogP contribution in [0.4, 0.5) is 0 Å². The highest BCUT2D eigenvalue weighted by Gasteiger charge is 2.40. The monoisotopic (exact) mass is 289 g/mol.